The van der Waals surface area contributed by atoms with Crippen molar-refractivity contribution in [2.75, 3.05) is 13.1 Å². The first kappa shape index (κ1) is 14.4. The number of carbonyl (C=O) groups is 1. The SMILES string of the molecule is CC(C)(C)OC(=O)NC12CC1CN(Cc1ccccc1)C2. The Bertz CT molecular complexity index is 523. The lowest BCUT2D eigenvalue weighted by Crippen LogP contribution is -2.44. The van der Waals surface area contributed by atoms with Crippen LogP contribution in [0.5, 0.6) is 0 Å². The second kappa shape index (κ2) is 5.02. The number of nitrogens with zero attached hydrogens (tertiary/aromatic N) is 1. The summed E-state index contributed by atoms with van der Waals surface area (Å²) >= 11 is 0. The van der Waals surface area contributed by atoms with Gasteiger partial charge in [-0.2, -0.15) is 0 Å². The number of hydrogen-bond acceptors (Lipinski definition) is 3. The second-order valence-electron chi connectivity index (χ2n) is 7.34. The smallest absolute Gasteiger partial charge is 0.408 e. The van der Waals surface area contributed by atoms with Gasteiger partial charge in [0, 0.05) is 19.6 Å². The average molecular weight is 288 g/mol. The van der Waals surface area contributed by atoms with E-state index in [1.54, 1.807) is 0 Å². The molecule has 1 amide bonds. The largest absolute Gasteiger partial charge is 0.444 e. The lowest BCUT2D eigenvalue weighted by Gasteiger charge is -2.24. The molecule has 114 valence electrons. The fourth-order valence-electron chi connectivity index (χ4n) is 3.25. The van der Waals surface area contributed by atoms with Crippen molar-refractivity contribution in [2.24, 2.45) is 5.92 Å². The highest BCUT2D eigenvalue weighted by molar-refractivity contribution is 5.70. The number of fused-ring (bicyclic) bond motifs is 1. The molecule has 1 saturated heterocycles. The molecule has 1 aromatic rings. The Labute approximate surface area is 126 Å². The van der Waals surface area contributed by atoms with E-state index in [0.29, 0.717) is 5.92 Å². The minimum absolute atomic E-state index is 0.0445. The van der Waals surface area contributed by atoms with E-state index in [0.717, 1.165) is 26.1 Å². The van der Waals surface area contributed by atoms with Gasteiger partial charge < -0.3 is 10.1 Å². The molecule has 0 spiro atoms. The number of hydrogen-bond donors (Lipinski definition) is 1. The van der Waals surface area contributed by atoms with E-state index in [4.69, 9.17) is 4.74 Å². The predicted molar refractivity (Wildman–Crippen MR) is 81.9 cm³/mol. The molecule has 2 fully saturated rings. The molecule has 1 aliphatic carbocycles. The zero-order chi connectivity index (χ0) is 15.1. The van der Waals surface area contributed by atoms with Gasteiger partial charge in [0.25, 0.3) is 0 Å². The Morgan fingerprint density at radius 2 is 2.10 bits per heavy atom. The van der Waals surface area contributed by atoms with Crippen LogP contribution < -0.4 is 5.32 Å². The maximum atomic E-state index is 12.0. The molecule has 1 aliphatic heterocycles. The lowest BCUT2D eigenvalue weighted by molar-refractivity contribution is 0.0491. The summed E-state index contributed by atoms with van der Waals surface area (Å²) in [5, 5.41) is 3.10. The van der Waals surface area contributed by atoms with E-state index in [9.17, 15) is 4.79 Å². The molecule has 3 rings (SSSR count). The summed E-state index contributed by atoms with van der Waals surface area (Å²) in [7, 11) is 0. The van der Waals surface area contributed by atoms with E-state index in [1.165, 1.54) is 5.56 Å². The Morgan fingerprint density at radius 1 is 1.38 bits per heavy atom. The molecule has 4 nitrogen and oxygen atoms in total. The molecule has 0 radical (unpaired) electrons. The molecule has 2 unspecified atom stereocenters. The van der Waals surface area contributed by atoms with Crippen molar-refractivity contribution in [3.05, 3.63) is 35.9 Å². The Balaban J connectivity index is 1.54. The topological polar surface area (TPSA) is 41.6 Å². The predicted octanol–water partition coefficient (Wildman–Crippen LogP) is 2.79. The molecule has 1 aromatic carbocycles. The number of carbonyl (C=O) groups excluding carboxylic acids is 1. The van der Waals surface area contributed by atoms with Crippen LogP contribution in [0.1, 0.15) is 32.8 Å². The van der Waals surface area contributed by atoms with Crippen LogP contribution in [0.25, 0.3) is 0 Å². The number of benzene rings is 1. The van der Waals surface area contributed by atoms with Crippen LogP contribution in [0.2, 0.25) is 0 Å². The lowest BCUT2D eigenvalue weighted by atomic mass is 10.2. The third kappa shape index (κ3) is 3.38. The van der Waals surface area contributed by atoms with Gasteiger partial charge >= 0.3 is 6.09 Å². The summed E-state index contributed by atoms with van der Waals surface area (Å²) in [6.07, 6.45) is 0.795. The number of amides is 1. The van der Waals surface area contributed by atoms with Gasteiger partial charge in [-0.1, -0.05) is 30.3 Å². The fraction of sp³-hybridized carbons (Fsp3) is 0.588. The summed E-state index contributed by atoms with van der Waals surface area (Å²) in [5.41, 5.74) is 0.844. The maximum Gasteiger partial charge on any atom is 0.408 e. The Morgan fingerprint density at radius 3 is 2.76 bits per heavy atom. The van der Waals surface area contributed by atoms with Crippen molar-refractivity contribution in [1.82, 2.24) is 10.2 Å². The molecule has 1 heterocycles. The zero-order valence-electron chi connectivity index (χ0n) is 13.1. The Hall–Kier alpha value is -1.55. The van der Waals surface area contributed by atoms with Gasteiger partial charge in [-0.3, -0.25) is 4.90 Å². The molecular weight excluding hydrogens is 264 g/mol. The first-order valence-corrected chi connectivity index (χ1v) is 7.64. The third-order valence-electron chi connectivity index (χ3n) is 4.22. The third-order valence-corrected chi connectivity index (χ3v) is 4.22. The highest BCUT2D eigenvalue weighted by Gasteiger charge is 2.61. The minimum atomic E-state index is -0.437. The van der Waals surface area contributed by atoms with Gasteiger partial charge in [-0.05, 0) is 38.7 Å². The van der Waals surface area contributed by atoms with Crippen LogP contribution >= 0.6 is 0 Å². The minimum Gasteiger partial charge on any atom is -0.444 e. The van der Waals surface area contributed by atoms with Crippen molar-refractivity contribution in [3.63, 3.8) is 0 Å². The fourth-order valence-corrected chi connectivity index (χ4v) is 3.25. The van der Waals surface area contributed by atoms with Crippen LogP contribution in [0.15, 0.2) is 30.3 Å². The molecule has 0 bridgehead atoms. The van der Waals surface area contributed by atoms with E-state index in [2.05, 4.69) is 34.5 Å². The van der Waals surface area contributed by atoms with Crippen LogP contribution in [0.3, 0.4) is 0 Å². The molecule has 21 heavy (non-hydrogen) atoms. The summed E-state index contributed by atoms with van der Waals surface area (Å²) in [6, 6.07) is 10.5. The number of rotatable bonds is 3. The van der Waals surface area contributed by atoms with Crippen LogP contribution in [-0.2, 0) is 11.3 Å². The van der Waals surface area contributed by atoms with Gasteiger partial charge in [-0.15, -0.1) is 0 Å². The summed E-state index contributed by atoms with van der Waals surface area (Å²) in [4.78, 5) is 14.4. The number of alkyl carbamates (subject to hydrolysis) is 1. The highest BCUT2D eigenvalue weighted by atomic mass is 16.6. The van der Waals surface area contributed by atoms with E-state index >= 15 is 0 Å². The Kier molecular flexibility index (Phi) is 3.44. The normalized spacial score (nSPS) is 28.0. The molecule has 2 atom stereocenters. The van der Waals surface area contributed by atoms with Crippen LogP contribution in [0.4, 0.5) is 4.79 Å². The maximum absolute atomic E-state index is 12.0. The summed E-state index contributed by atoms with van der Waals surface area (Å²) < 4.78 is 5.38. The molecule has 1 saturated carbocycles. The molecule has 2 aliphatic rings. The molecule has 4 heteroatoms. The number of likely N-dealkylation sites (tertiary alicyclic amines) is 1. The molecule has 1 N–H and O–H groups in total. The highest BCUT2D eigenvalue weighted by Crippen LogP contribution is 2.49. The molecular formula is C17H24N2O2. The van der Waals surface area contributed by atoms with Crippen molar-refractivity contribution in [1.29, 1.82) is 0 Å². The van der Waals surface area contributed by atoms with Crippen molar-refractivity contribution in [3.8, 4) is 0 Å². The first-order chi connectivity index (χ1) is 9.86. The molecule has 0 aromatic heterocycles. The van der Waals surface area contributed by atoms with Gasteiger partial charge in [0.2, 0.25) is 0 Å². The van der Waals surface area contributed by atoms with E-state index in [1.807, 2.05) is 26.8 Å². The average Bonchev–Trinajstić information content (AvgIpc) is 2.89. The van der Waals surface area contributed by atoms with Gasteiger partial charge in [0.1, 0.15) is 5.60 Å². The standard InChI is InChI=1S/C17H24N2O2/c1-16(2,3)21-15(20)18-17-9-14(17)11-19(12-17)10-13-7-5-4-6-8-13/h4-8,14H,9-12H2,1-3H3,(H,18,20). The second-order valence-corrected chi connectivity index (χ2v) is 7.34. The first-order valence-electron chi connectivity index (χ1n) is 7.64. The van der Waals surface area contributed by atoms with Gasteiger partial charge in [0.05, 0.1) is 5.54 Å². The summed E-state index contributed by atoms with van der Waals surface area (Å²) in [5.74, 6) is 0.578. The van der Waals surface area contributed by atoms with E-state index in [-0.39, 0.29) is 11.6 Å². The number of ether oxygens (including phenoxy) is 1. The number of piperidine rings is 1. The van der Waals surface area contributed by atoms with Crippen LogP contribution in [0, 0.1) is 5.92 Å². The van der Waals surface area contributed by atoms with Crippen molar-refractivity contribution >= 4 is 6.09 Å². The monoisotopic (exact) mass is 288 g/mol. The number of nitrogens with one attached hydrogen (secondary N) is 1. The quantitative estimate of drug-likeness (QED) is 0.930. The van der Waals surface area contributed by atoms with E-state index < -0.39 is 5.60 Å². The van der Waals surface area contributed by atoms with Crippen LogP contribution in [-0.4, -0.2) is 35.2 Å². The van der Waals surface area contributed by atoms with Gasteiger partial charge in [-0.25, -0.2) is 4.79 Å². The van der Waals surface area contributed by atoms with Crippen molar-refractivity contribution < 1.29 is 9.53 Å². The summed E-state index contributed by atoms with van der Waals surface area (Å²) in [6.45, 7) is 8.62. The van der Waals surface area contributed by atoms with Gasteiger partial charge in [0.15, 0.2) is 0 Å². The zero-order valence-corrected chi connectivity index (χ0v) is 13.1. The van der Waals surface area contributed by atoms with Crippen molar-refractivity contribution in [2.45, 2.75) is 44.9 Å².